The molecule has 0 aliphatic carbocycles. The Morgan fingerprint density at radius 1 is 1.12 bits per heavy atom. The number of likely N-dealkylation sites (N-methyl/N-ethyl adjacent to an activating group) is 1. The molecule has 0 saturated carbocycles. The van der Waals surface area contributed by atoms with Gasteiger partial charge >= 0.3 is 5.97 Å². The van der Waals surface area contributed by atoms with Crippen molar-refractivity contribution in [2.75, 3.05) is 34.4 Å². The molecule has 0 spiro atoms. The van der Waals surface area contributed by atoms with Crippen molar-refractivity contribution in [1.29, 1.82) is 0 Å². The van der Waals surface area contributed by atoms with E-state index in [0.29, 0.717) is 24.5 Å². The number of hydrogen-bond acceptors (Lipinski definition) is 4. The zero-order chi connectivity index (χ0) is 18.2. The van der Waals surface area contributed by atoms with Crippen LogP contribution in [0.5, 0.6) is 11.5 Å². The van der Waals surface area contributed by atoms with Crippen molar-refractivity contribution >= 4 is 5.97 Å². The van der Waals surface area contributed by atoms with Crippen molar-refractivity contribution in [3.8, 4) is 11.5 Å². The summed E-state index contributed by atoms with van der Waals surface area (Å²) in [6.07, 6.45) is 0.341. The second-order valence-electron chi connectivity index (χ2n) is 6.11. The molecule has 1 atom stereocenters. The first-order valence-corrected chi connectivity index (χ1v) is 8.24. The molecule has 0 fully saturated rings. The predicted octanol–water partition coefficient (Wildman–Crippen LogP) is 3.05. The van der Waals surface area contributed by atoms with Crippen LogP contribution in [0.15, 0.2) is 48.5 Å². The number of carbonyl (C=O) groups is 1. The van der Waals surface area contributed by atoms with Gasteiger partial charge in [-0.25, -0.2) is 0 Å². The van der Waals surface area contributed by atoms with E-state index < -0.39 is 11.9 Å². The third-order valence-electron chi connectivity index (χ3n) is 3.99. The van der Waals surface area contributed by atoms with Crippen molar-refractivity contribution in [3.63, 3.8) is 0 Å². The van der Waals surface area contributed by atoms with Crippen molar-refractivity contribution in [2.45, 2.75) is 12.3 Å². The quantitative estimate of drug-likeness (QED) is 0.758. The standard InChI is InChI=1S/C20H25NO4/c1-21(2)12-13-25-19-16(10-7-11-18(19)24-3)14-17(20(22)23)15-8-5-4-6-9-15/h4-11,17H,12-14H2,1-3H3,(H,22,23). The highest BCUT2D eigenvalue weighted by molar-refractivity contribution is 5.76. The number of methoxy groups -OCH3 is 1. The van der Waals surface area contributed by atoms with Gasteiger partial charge in [-0.2, -0.15) is 0 Å². The number of aliphatic carboxylic acids is 1. The molecule has 25 heavy (non-hydrogen) atoms. The van der Waals surface area contributed by atoms with E-state index in [1.165, 1.54) is 0 Å². The zero-order valence-electron chi connectivity index (χ0n) is 14.9. The molecule has 0 saturated heterocycles. The van der Waals surface area contributed by atoms with Gasteiger partial charge < -0.3 is 19.5 Å². The van der Waals surface area contributed by atoms with Gasteiger partial charge in [0.2, 0.25) is 0 Å². The fourth-order valence-corrected chi connectivity index (χ4v) is 2.63. The SMILES string of the molecule is COc1cccc(CC(C(=O)O)c2ccccc2)c1OCCN(C)C. The maximum Gasteiger partial charge on any atom is 0.311 e. The second kappa shape index (κ2) is 9.08. The number of carboxylic acid groups (broad SMARTS) is 1. The predicted molar refractivity (Wildman–Crippen MR) is 97.6 cm³/mol. The summed E-state index contributed by atoms with van der Waals surface area (Å²) in [7, 11) is 5.54. The van der Waals surface area contributed by atoms with Crippen molar-refractivity contribution in [3.05, 3.63) is 59.7 Å². The summed E-state index contributed by atoms with van der Waals surface area (Å²) in [6.45, 7) is 1.27. The third kappa shape index (κ3) is 5.22. The Hall–Kier alpha value is -2.53. The normalized spacial score (nSPS) is 12.0. The summed E-state index contributed by atoms with van der Waals surface area (Å²) in [5.74, 6) is -0.250. The van der Waals surface area contributed by atoms with Gasteiger partial charge in [-0.15, -0.1) is 0 Å². The second-order valence-corrected chi connectivity index (χ2v) is 6.11. The van der Waals surface area contributed by atoms with Crippen LogP contribution in [0.25, 0.3) is 0 Å². The fourth-order valence-electron chi connectivity index (χ4n) is 2.63. The summed E-state index contributed by atoms with van der Waals surface area (Å²) in [4.78, 5) is 13.8. The molecule has 0 aliphatic rings. The van der Waals surface area contributed by atoms with E-state index in [2.05, 4.69) is 0 Å². The molecule has 2 rings (SSSR count). The first-order chi connectivity index (χ1) is 12.0. The molecule has 2 aromatic carbocycles. The smallest absolute Gasteiger partial charge is 0.311 e. The lowest BCUT2D eigenvalue weighted by atomic mass is 9.91. The van der Waals surface area contributed by atoms with Gasteiger partial charge in [0.25, 0.3) is 0 Å². The summed E-state index contributed by atoms with van der Waals surface area (Å²) in [6, 6.07) is 14.8. The van der Waals surface area contributed by atoms with Crippen LogP contribution in [-0.4, -0.2) is 50.3 Å². The van der Waals surface area contributed by atoms with Gasteiger partial charge in [0.1, 0.15) is 6.61 Å². The molecule has 5 heteroatoms. The van der Waals surface area contributed by atoms with Gasteiger partial charge in [-0.05, 0) is 37.7 Å². The van der Waals surface area contributed by atoms with Crippen LogP contribution < -0.4 is 9.47 Å². The van der Waals surface area contributed by atoms with E-state index in [-0.39, 0.29) is 0 Å². The molecule has 0 bridgehead atoms. The number of ether oxygens (including phenoxy) is 2. The Labute approximate surface area is 148 Å². The van der Waals surface area contributed by atoms with E-state index in [9.17, 15) is 9.90 Å². The highest BCUT2D eigenvalue weighted by atomic mass is 16.5. The van der Waals surface area contributed by atoms with Crippen LogP contribution >= 0.6 is 0 Å². The van der Waals surface area contributed by atoms with Gasteiger partial charge in [0, 0.05) is 6.54 Å². The lowest BCUT2D eigenvalue weighted by molar-refractivity contribution is -0.138. The highest BCUT2D eigenvalue weighted by Crippen LogP contribution is 2.34. The molecule has 0 amide bonds. The monoisotopic (exact) mass is 343 g/mol. The Kier molecular flexibility index (Phi) is 6.83. The van der Waals surface area contributed by atoms with Crippen molar-refractivity contribution in [1.82, 2.24) is 4.90 Å². The Morgan fingerprint density at radius 3 is 2.44 bits per heavy atom. The van der Waals surface area contributed by atoms with Crippen LogP contribution in [-0.2, 0) is 11.2 Å². The van der Waals surface area contributed by atoms with Crippen LogP contribution in [0.2, 0.25) is 0 Å². The van der Waals surface area contributed by atoms with Gasteiger partial charge in [0.15, 0.2) is 11.5 Å². The van der Waals surface area contributed by atoms with Crippen LogP contribution in [0, 0.1) is 0 Å². The van der Waals surface area contributed by atoms with Gasteiger partial charge in [-0.3, -0.25) is 4.79 Å². The number of nitrogens with zero attached hydrogens (tertiary/aromatic N) is 1. The van der Waals surface area contributed by atoms with E-state index in [0.717, 1.165) is 17.7 Å². The third-order valence-corrected chi connectivity index (χ3v) is 3.99. The molecule has 0 radical (unpaired) electrons. The van der Waals surface area contributed by atoms with E-state index in [1.807, 2.05) is 67.5 Å². The Balaban J connectivity index is 2.28. The molecule has 2 aromatic rings. The minimum Gasteiger partial charge on any atom is -0.493 e. The van der Waals surface area contributed by atoms with E-state index in [1.54, 1.807) is 7.11 Å². The Morgan fingerprint density at radius 2 is 1.84 bits per heavy atom. The van der Waals surface area contributed by atoms with Gasteiger partial charge in [0.05, 0.1) is 13.0 Å². The number of para-hydroxylation sites is 1. The van der Waals surface area contributed by atoms with Crippen LogP contribution in [0.4, 0.5) is 0 Å². The van der Waals surface area contributed by atoms with Gasteiger partial charge in [-0.1, -0.05) is 42.5 Å². The summed E-state index contributed by atoms with van der Waals surface area (Å²) in [5.41, 5.74) is 1.60. The minimum atomic E-state index is -0.853. The van der Waals surface area contributed by atoms with Crippen LogP contribution in [0.1, 0.15) is 17.0 Å². The first-order valence-electron chi connectivity index (χ1n) is 8.24. The fraction of sp³-hybridized carbons (Fsp3) is 0.350. The Bertz CT molecular complexity index is 685. The van der Waals surface area contributed by atoms with E-state index in [4.69, 9.17) is 9.47 Å². The number of benzene rings is 2. The first kappa shape index (κ1) is 18.8. The average molecular weight is 343 g/mol. The lowest BCUT2D eigenvalue weighted by Gasteiger charge is -2.19. The zero-order valence-corrected chi connectivity index (χ0v) is 14.9. The summed E-state index contributed by atoms with van der Waals surface area (Å²) < 4.78 is 11.3. The molecule has 0 aliphatic heterocycles. The molecule has 5 nitrogen and oxygen atoms in total. The van der Waals surface area contributed by atoms with Crippen molar-refractivity contribution in [2.24, 2.45) is 0 Å². The van der Waals surface area contributed by atoms with E-state index >= 15 is 0 Å². The summed E-state index contributed by atoms with van der Waals surface area (Å²) in [5, 5.41) is 9.68. The molecular weight excluding hydrogens is 318 g/mol. The molecule has 1 N–H and O–H groups in total. The average Bonchev–Trinajstić information content (AvgIpc) is 2.60. The lowest BCUT2D eigenvalue weighted by Crippen LogP contribution is -2.20. The largest absolute Gasteiger partial charge is 0.493 e. The van der Waals surface area contributed by atoms with Crippen LogP contribution in [0.3, 0.4) is 0 Å². The maximum absolute atomic E-state index is 11.8. The molecule has 134 valence electrons. The molecule has 1 unspecified atom stereocenters. The number of rotatable bonds is 9. The highest BCUT2D eigenvalue weighted by Gasteiger charge is 2.23. The molecular formula is C20H25NO4. The minimum absolute atomic E-state index is 0.341. The molecule has 0 aromatic heterocycles. The summed E-state index contributed by atoms with van der Waals surface area (Å²) >= 11 is 0. The topological polar surface area (TPSA) is 59.0 Å². The number of carboxylic acids is 1. The maximum atomic E-state index is 11.8. The molecule has 0 heterocycles. The number of hydrogen-bond donors (Lipinski definition) is 1. The van der Waals surface area contributed by atoms with Crippen molar-refractivity contribution < 1.29 is 19.4 Å².